The first-order valence-electron chi connectivity index (χ1n) is 7.01. The maximum Gasteiger partial charge on any atom is 0.261 e. The van der Waals surface area contributed by atoms with Crippen molar-refractivity contribution in [1.82, 2.24) is 4.72 Å². The number of hydrogen-bond donors (Lipinski definition) is 2. The Labute approximate surface area is 150 Å². The minimum absolute atomic E-state index is 0.0709. The predicted molar refractivity (Wildman–Crippen MR) is 96.9 cm³/mol. The minimum Gasteiger partial charge on any atom is -0.280 e. The maximum atomic E-state index is 12.3. The molecule has 0 saturated carbocycles. The minimum atomic E-state index is -3.75. The van der Waals surface area contributed by atoms with E-state index in [0.29, 0.717) is 4.47 Å². The molecule has 0 aromatic heterocycles. The predicted octanol–water partition coefficient (Wildman–Crippen LogP) is 2.94. The highest BCUT2D eigenvalue weighted by Crippen LogP contribution is 2.21. The van der Waals surface area contributed by atoms with E-state index in [9.17, 15) is 16.8 Å². The van der Waals surface area contributed by atoms with Gasteiger partial charge in [0.15, 0.2) is 0 Å². The van der Waals surface area contributed by atoms with Crippen molar-refractivity contribution in [3.8, 4) is 0 Å². The lowest BCUT2D eigenvalue weighted by Gasteiger charge is -2.11. The molecule has 0 aliphatic rings. The van der Waals surface area contributed by atoms with Gasteiger partial charge in [-0.1, -0.05) is 22.0 Å². The third kappa shape index (κ3) is 4.79. The number of benzene rings is 2. The van der Waals surface area contributed by atoms with Crippen molar-refractivity contribution in [1.29, 1.82) is 0 Å². The van der Waals surface area contributed by atoms with Gasteiger partial charge in [0, 0.05) is 16.2 Å². The topological polar surface area (TPSA) is 92.3 Å². The van der Waals surface area contributed by atoms with Crippen LogP contribution in [-0.4, -0.2) is 22.9 Å². The molecule has 9 heteroatoms. The van der Waals surface area contributed by atoms with E-state index < -0.39 is 20.0 Å². The first-order valence-corrected chi connectivity index (χ1v) is 10.8. The summed E-state index contributed by atoms with van der Waals surface area (Å²) in [6.45, 7) is 3.44. The van der Waals surface area contributed by atoms with Crippen LogP contribution >= 0.6 is 15.9 Å². The van der Waals surface area contributed by atoms with Gasteiger partial charge in [-0.15, -0.1) is 0 Å². The summed E-state index contributed by atoms with van der Waals surface area (Å²) in [6.07, 6.45) is 0. The lowest BCUT2D eigenvalue weighted by atomic mass is 10.3. The molecule has 0 radical (unpaired) electrons. The van der Waals surface area contributed by atoms with E-state index in [4.69, 9.17) is 0 Å². The van der Waals surface area contributed by atoms with E-state index in [0.717, 1.165) is 0 Å². The molecule has 0 bridgehead atoms. The fraction of sp³-hybridized carbons (Fsp3) is 0.200. The van der Waals surface area contributed by atoms with Gasteiger partial charge in [-0.25, -0.2) is 21.6 Å². The third-order valence-electron chi connectivity index (χ3n) is 2.91. The van der Waals surface area contributed by atoms with Crippen LogP contribution in [0.1, 0.15) is 13.8 Å². The highest BCUT2D eigenvalue weighted by molar-refractivity contribution is 9.10. The molecule has 0 aliphatic carbocycles. The molecule has 0 atom stereocenters. The number of nitrogens with one attached hydrogen (secondary N) is 2. The van der Waals surface area contributed by atoms with Crippen molar-refractivity contribution in [2.45, 2.75) is 29.7 Å². The molecule has 2 N–H and O–H groups in total. The maximum absolute atomic E-state index is 12.3. The van der Waals surface area contributed by atoms with Gasteiger partial charge in [0.05, 0.1) is 9.79 Å². The SMILES string of the molecule is CC(C)NS(=O)(=O)c1ccc(NS(=O)(=O)c2cccc(Br)c2)cc1. The molecule has 0 aliphatic heterocycles. The summed E-state index contributed by atoms with van der Waals surface area (Å²) in [7, 11) is -7.36. The van der Waals surface area contributed by atoms with Gasteiger partial charge in [-0.05, 0) is 56.3 Å². The molecule has 0 amide bonds. The molecule has 2 aromatic carbocycles. The van der Waals surface area contributed by atoms with E-state index in [1.165, 1.54) is 36.4 Å². The standard InChI is InChI=1S/C15H17BrN2O4S2/c1-11(2)17-23(19,20)14-8-6-13(7-9-14)18-24(21,22)15-5-3-4-12(16)10-15/h3-11,17-18H,1-2H3. The van der Waals surface area contributed by atoms with Crippen LogP contribution in [0.25, 0.3) is 0 Å². The highest BCUT2D eigenvalue weighted by Gasteiger charge is 2.17. The van der Waals surface area contributed by atoms with Gasteiger partial charge in [-0.2, -0.15) is 0 Å². The van der Waals surface area contributed by atoms with Crippen LogP contribution in [-0.2, 0) is 20.0 Å². The molecule has 2 rings (SSSR count). The van der Waals surface area contributed by atoms with Gasteiger partial charge in [-0.3, -0.25) is 4.72 Å². The van der Waals surface area contributed by atoms with Crippen molar-refractivity contribution in [3.63, 3.8) is 0 Å². The van der Waals surface area contributed by atoms with Crippen LogP contribution in [0.2, 0.25) is 0 Å². The smallest absolute Gasteiger partial charge is 0.261 e. The monoisotopic (exact) mass is 432 g/mol. The second-order valence-electron chi connectivity index (χ2n) is 5.36. The van der Waals surface area contributed by atoms with Crippen molar-refractivity contribution in [2.75, 3.05) is 4.72 Å². The molecule has 0 unspecified atom stereocenters. The van der Waals surface area contributed by atoms with Crippen molar-refractivity contribution < 1.29 is 16.8 Å². The summed E-state index contributed by atoms with van der Waals surface area (Å²) < 4.78 is 54.2. The molecule has 6 nitrogen and oxygen atoms in total. The zero-order chi connectivity index (χ0) is 18.0. The summed E-state index contributed by atoms with van der Waals surface area (Å²) in [4.78, 5) is 0.177. The Morgan fingerprint density at radius 2 is 1.50 bits per heavy atom. The summed E-state index contributed by atoms with van der Waals surface area (Å²) in [5, 5.41) is 0. The molecule has 0 fully saturated rings. The van der Waals surface area contributed by atoms with E-state index in [-0.39, 0.29) is 21.5 Å². The van der Waals surface area contributed by atoms with Gasteiger partial charge in [0.1, 0.15) is 0 Å². The largest absolute Gasteiger partial charge is 0.280 e. The van der Waals surface area contributed by atoms with Crippen molar-refractivity contribution in [3.05, 3.63) is 53.0 Å². The first kappa shape index (κ1) is 18.9. The van der Waals surface area contributed by atoms with Crippen LogP contribution in [0.15, 0.2) is 62.8 Å². The van der Waals surface area contributed by atoms with E-state index >= 15 is 0 Å². The Balaban J connectivity index is 2.23. The Hall–Kier alpha value is -1.42. The number of anilines is 1. The molecule has 0 heterocycles. The fourth-order valence-corrected chi connectivity index (χ4v) is 4.83. The van der Waals surface area contributed by atoms with Crippen LogP contribution in [0.3, 0.4) is 0 Å². The zero-order valence-corrected chi connectivity index (χ0v) is 16.2. The fourth-order valence-electron chi connectivity index (χ4n) is 1.93. The zero-order valence-electron chi connectivity index (χ0n) is 13.0. The summed E-state index contributed by atoms with van der Waals surface area (Å²) in [5.74, 6) is 0. The van der Waals surface area contributed by atoms with E-state index in [2.05, 4.69) is 25.4 Å². The molecule has 130 valence electrons. The number of hydrogen-bond acceptors (Lipinski definition) is 4. The van der Waals surface area contributed by atoms with Gasteiger partial charge < -0.3 is 0 Å². The quantitative estimate of drug-likeness (QED) is 0.733. The van der Waals surface area contributed by atoms with Crippen LogP contribution in [0.4, 0.5) is 5.69 Å². The lowest BCUT2D eigenvalue weighted by molar-refractivity contribution is 0.570. The molecular formula is C15H17BrN2O4S2. The summed E-state index contributed by atoms with van der Waals surface area (Å²) >= 11 is 3.23. The molecule has 0 saturated heterocycles. The number of rotatable bonds is 6. The first-order chi connectivity index (χ1) is 11.1. The Morgan fingerprint density at radius 1 is 0.875 bits per heavy atom. The van der Waals surface area contributed by atoms with Crippen molar-refractivity contribution >= 4 is 41.7 Å². The summed E-state index contributed by atoms with van der Waals surface area (Å²) in [6, 6.07) is 11.6. The van der Waals surface area contributed by atoms with Gasteiger partial charge >= 0.3 is 0 Å². The van der Waals surface area contributed by atoms with Crippen molar-refractivity contribution in [2.24, 2.45) is 0 Å². The Bertz CT molecular complexity index is 924. The average molecular weight is 433 g/mol. The normalized spacial score (nSPS) is 12.3. The lowest BCUT2D eigenvalue weighted by Crippen LogP contribution is -2.30. The highest BCUT2D eigenvalue weighted by atomic mass is 79.9. The molecule has 0 spiro atoms. The van der Waals surface area contributed by atoms with Crippen LogP contribution in [0, 0.1) is 0 Å². The van der Waals surface area contributed by atoms with Gasteiger partial charge in [0.25, 0.3) is 10.0 Å². The van der Waals surface area contributed by atoms with E-state index in [1.54, 1.807) is 26.0 Å². The van der Waals surface area contributed by atoms with Gasteiger partial charge in [0.2, 0.25) is 10.0 Å². The van der Waals surface area contributed by atoms with Crippen LogP contribution < -0.4 is 9.44 Å². The third-order valence-corrected chi connectivity index (χ3v) is 6.46. The molecular weight excluding hydrogens is 416 g/mol. The summed E-state index contributed by atoms with van der Waals surface area (Å²) in [5.41, 5.74) is 0.276. The Morgan fingerprint density at radius 3 is 2.04 bits per heavy atom. The molecule has 2 aromatic rings. The second kappa shape index (κ2) is 7.22. The number of sulfonamides is 2. The average Bonchev–Trinajstić information content (AvgIpc) is 2.46. The Kier molecular flexibility index (Phi) is 5.69. The van der Waals surface area contributed by atoms with Crippen LogP contribution in [0.5, 0.6) is 0 Å². The second-order valence-corrected chi connectivity index (χ2v) is 9.68. The number of halogens is 1. The van der Waals surface area contributed by atoms with E-state index in [1.807, 2.05) is 0 Å². The molecule has 24 heavy (non-hydrogen) atoms.